The van der Waals surface area contributed by atoms with Crippen LogP contribution in [0.4, 0.5) is 5.69 Å². The molecule has 8 heteroatoms. The van der Waals surface area contributed by atoms with Gasteiger partial charge in [0.15, 0.2) is 5.88 Å². The molecule has 7 N–H and O–H groups in total. The molecule has 1 heterocycles. The molecular weight excluding hydrogens is 446 g/mol. The number of carboxylic acid groups (broad SMARTS) is 1. The topological polar surface area (TPSA) is 152 Å². The zero-order chi connectivity index (χ0) is 25.0. The molecule has 1 aromatic heterocycles. The number of H-pyrrole nitrogens is 1. The first kappa shape index (κ1) is 24.2. The van der Waals surface area contributed by atoms with Gasteiger partial charge in [-0.25, -0.2) is 9.79 Å². The van der Waals surface area contributed by atoms with Crippen LogP contribution in [-0.2, 0) is 5.54 Å². The molecule has 0 radical (unpaired) electrons. The molecule has 0 aliphatic rings. The molecule has 0 unspecified atom stereocenters. The fraction of sp³-hybridized carbons (Fsp3) is 0.185. The summed E-state index contributed by atoms with van der Waals surface area (Å²) in [6.45, 7) is -0.198. The standard InChI is InChI=1S/C27H27N3O5/c28-27(12-14-31,13-15-32)19-7-9-20(10-8-19)29-24(17-4-2-1-3-5-17)23-21-11-6-18(26(34)35)16-22(21)30-25(23)33/h1-11,16,30-33H,12-15,28H2,(H,34,35). The second-order valence-corrected chi connectivity index (χ2v) is 8.39. The molecule has 0 atom stereocenters. The van der Waals surface area contributed by atoms with Crippen molar-refractivity contribution >= 4 is 28.3 Å². The number of aromatic carboxylic acids is 1. The first-order valence-electron chi connectivity index (χ1n) is 11.2. The Bertz CT molecular complexity index is 1360. The van der Waals surface area contributed by atoms with Crippen molar-refractivity contribution < 1.29 is 25.2 Å². The lowest BCUT2D eigenvalue weighted by molar-refractivity contribution is 0.0697. The molecule has 3 aromatic carbocycles. The maximum Gasteiger partial charge on any atom is 0.335 e. The minimum absolute atomic E-state index is 0.0992. The van der Waals surface area contributed by atoms with Crippen LogP contribution in [0.3, 0.4) is 0 Å². The normalized spacial score (nSPS) is 12.3. The van der Waals surface area contributed by atoms with Gasteiger partial charge in [-0.2, -0.15) is 0 Å². The summed E-state index contributed by atoms with van der Waals surface area (Å²) in [7, 11) is 0. The van der Waals surface area contributed by atoms with Crippen molar-refractivity contribution in [3.05, 3.63) is 95.1 Å². The molecule has 0 amide bonds. The second kappa shape index (κ2) is 10.1. The van der Waals surface area contributed by atoms with Crippen molar-refractivity contribution in [3.8, 4) is 5.88 Å². The summed E-state index contributed by atoms with van der Waals surface area (Å²) >= 11 is 0. The summed E-state index contributed by atoms with van der Waals surface area (Å²) in [5.74, 6) is -1.17. The number of hydrogen-bond donors (Lipinski definition) is 6. The summed E-state index contributed by atoms with van der Waals surface area (Å²) in [5.41, 5.74) is 9.30. The number of benzene rings is 3. The van der Waals surface area contributed by atoms with E-state index in [1.165, 1.54) is 12.1 Å². The molecule has 4 aromatic rings. The van der Waals surface area contributed by atoms with E-state index >= 15 is 0 Å². The van der Waals surface area contributed by atoms with Crippen molar-refractivity contribution in [3.63, 3.8) is 0 Å². The monoisotopic (exact) mass is 473 g/mol. The zero-order valence-electron chi connectivity index (χ0n) is 19.0. The van der Waals surface area contributed by atoms with Gasteiger partial charge >= 0.3 is 5.97 Å². The highest BCUT2D eigenvalue weighted by Crippen LogP contribution is 2.33. The van der Waals surface area contributed by atoms with Gasteiger partial charge in [0, 0.05) is 35.2 Å². The van der Waals surface area contributed by atoms with Crippen LogP contribution in [0.1, 0.15) is 39.9 Å². The lowest BCUT2D eigenvalue weighted by Gasteiger charge is -2.28. The number of nitrogens with two attached hydrogens (primary N) is 1. The highest BCUT2D eigenvalue weighted by Gasteiger charge is 2.26. The number of nitrogens with zero attached hydrogens (tertiary/aromatic N) is 1. The van der Waals surface area contributed by atoms with Gasteiger partial charge in [-0.3, -0.25) is 0 Å². The van der Waals surface area contributed by atoms with Gasteiger partial charge in [-0.15, -0.1) is 0 Å². The van der Waals surface area contributed by atoms with E-state index in [0.717, 1.165) is 11.1 Å². The molecule has 8 nitrogen and oxygen atoms in total. The van der Waals surface area contributed by atoms with Gasteiger partial charge in [0.25, 0.3) is 0 Å². The largest absolute Gasteiger partial charge is 0.494 e. The van der Waals surface area contributed by atoms with Crippen LogP contribution in [-0.4, -0.2) is 50.3 Å². The van der Waals surface area contributed by atoms with Gasteiger partial charge in [-0.1, -0.05) is 48.5 Å². The number of aromatic hydroxyl groups is 1. The molecule has 4 rings (SSSR count). The van der Waals surface area contributed by atoms with E-state index in [1.807, 2.05) is 42.5 Å². The van der Waals surface area contributed by atoms with Gasteiger partial charge in [0.2, 0.25) is 0 Å². The Morgan fingerprint density at radius 2 is 1.57 bits per heavy atom. The van der Waals surface area contributed by atoms with Crippen LogP contribution in [0.15, 0.2) is 77.8 Å². The third-order valence-electron chi connectivity index (χ3n) is 6.11. The Labute approximate surface area is 202 Å². The molecule has 0 spiro atoms. The van der Waals surface area contributed by atoms with Crippen LogP contribution < -0.4 is 5.73 Å². The number of rotatable bonds is 9. The smallest absolute Gasteiger partial charge is 0.335 e. The lowest BCUT2D eigenvalue weighted by Crippen LogP contribution is -2.38. The van der Waals surface area contributed by atoms with Crippen LogP contribution in [0.2, 0.25) is 0 Å². The van der Waals surface area contributed by atoms with E-state index in [2.05, 4.69) is 4.98 Å². The summed E-state index contributed by atoms with van der Waals surface area (Å²) in [5, 5.41) is 39.6. The Morgan fingerprint density at radius 3 is 2.17 bits per heavy atom. The van der Waals surface area contributed by atoms with Gasteiger partial charge < -0.3 is 31.1 Å². The predicted octanol–water partition coefficient (Wildman–Crippen LogP) is 3.66. The van der Waals surface area contributed by atoms with E-state index in [9.17, 15) is 25.2 Å². The molecule has 0 aliphatic heterocycles. The Morgan fingerprint density at radius 1 is 0.914 bits per heavy atom. The fourth-order valence-corrected chi connectivity index (χ4v) is 4.23. The number of carbonyl (C=O) groups is 1. The van der Waals surface area contributed by atoms with Crippen molar-refractivity contribution in [2.75, 3.05) is 13.2 Å². The highest BCUT2D eigenvalue weighted by atomic mass is 16.4. The van der Waals surface area contributed by atoms with Gasteiger partial charge in [0.05, 0.1) is 22.5 Å². The van der Waals surface area contributed by atoms with Crippen LogP contribution in [0, 0.1) is 0 Å². The van der Waals surface area contributed by atoms with E-state index in [0.29, 0.717) is 40.7 Å². The number of nitrogens with one attached hydrogen (secondary N) is 1. The number of fused-ring (bicyclic) bond motifs is 1. The Kier molecular flexibility index (Phi) is 6.97. The molecule has 0 fully saturated rings. The fourth-order valence-electron chi connectivity index (χ4n) is 4.23. The number of aliphatic hydroxyl groups excluding tert-OH is 2. The third kappa shape index (κ3) is 4.95. The highest BCUT2D eigenvalue weighted by molar-refractivity contribution is 6.22. The summed E-state index contributed by atoms with van der Waals surface area (Å²) in [6, 6.07) is 21.2. The molecule has 0 bridgehead atoms. The average molecular weight is 474 g/mol. The van der Waals surface area contributed by atoms with Crippen LogP contribution >= 0.6 is 0 Å². The number of hydrogen-bond acceptors (Lipinski definition) is 6. The van der Waals surface area contributed by atoms with E-state index in [-0.39, 0.29) is 24.7 Å². The molecule has 180 valence electrons. The van der Waals surface area contributed by atoms with Crippen molar-refractivity contribution in [2.45, 2.75) is 18.4 Å². The number of aliphatic imine (C=N–C) groups is 1. The number of aromatic amines is 1. The first-order chi connectivity index (χ1) is 16.9. The molecule has 0 saturated heterocycles. The van der Waals surface area contributed by atoms with E-state index < -0.39 is 11.5 Å². The molecule has 0 saturated carbocycles. The first-order valence-corrected chi connectivity index (χ1v) is 11.2. The minimum atomic E-state index is -1.06. The maximum absolute atomic E-state index is 11.4. The summed E-state index contributed by atoms with van der Waals surface area (Å²) in [6.07, 6.45) is 0.625. The molecule has 35 heavy (non-hydrogen) atoms. The predicted molar refractivity (Wildman–Crippen MR) is 134 cm³/mol. The summed E-state index contributed by atoms with van der Waals surface area (Å²) in [4.78, 5) is 19.1. The number of aliphatic hydroxyl groups is 2. The van der Waals surface area contributed by atoms with E-state index in [4.69, 9.17) is 10.7 Å². The van der Waals surface area contributed by atoms with Crippen molar-refractivity contribution in [2.24, 2.45) is 10.7 Å². The Balaban J connectivity index is 1.83. The Hall–Kier alpha value is -3.98. The SMILES string of the molecule is NC(CCO)(CCO)c1ccc(N=C(c2ccccc2)c2c(O)[nH]c3cc(C(=O)O)ccc23)cc1. The van der Waals surface area contributed by atoms with Crippen molar-refractivity contribution in [1.29, 1.82) is 0 Å². The molecule has 0 aliphatic carbocycles. The molecular formula is C27H27N3O5. The zero-order valence-corrected chi connectivity index (χ0v) is 19.0. The van der Waals surface area contributed by atoms with E-state index in [1.54, 1.807) is 18.2 Å². The van der Waals surface area contributed by atoms with Gasteiger partial charge in [-0.05, 0) is 42.7 Å². The third-order valence-corrected chi connectivity index (χ3v) is 6.11. The van der Waals surface area contributed by atoms with Crippen LogP contribution in [0.25, 0.3) is 10.9 Å². The minimum Gasteiger partial charge on any atom is -0.494 e. The number of aromatic nitrogens is 1. The maximum atomic E-state index is 11.4. The average Bonchev–Trinajstić information content (AvgIpc) is 3.18. The summed E-state index contributed by atoms with van der Waals surface area (Å²) < 4.78 is 0. The van der Waals surface area contributed by atoms with Crippen LogP contribution in [0.5, 0.6) is 5.88 Å². The number of carboxylic acids is 1. The second-order valence-electron chi connectivity index (χ2n) is 8.39. The van der Waals surface area contributed by atoms with Crippen molar-refractivity contribution in [1.82, 2.24) is 4.98 Å². The lowest BCUT2D eigenvalue weighted by atomic mass is 9.85. The quantitative estimate of drug-likeness (QED) is 0.204. The van der Waals surface area contributed by atoms with Gasteiger partial charge in [0.1, 0.15) is 0 Å².